The molecule has 5 heteroatoms. The third kappa shape index (κ3) is 3.84. The van der Waals surface area contributed by atoms with Crippen molar-refractivity contribution in [3.8, 4) is 0 Å². The molecule has 0 saturated carbocycles. The number of Topliss-reactive ketones (excluding diaryl/α,β-unsaturated/α-hetero) is 1. The van der Waals surface area contributed by atoms with Crippen LogP contribution in [0.5, 0.6) is 0 Å². The van der Waals surface area contributed by atoms with Crippen LogP contribution in [-0.2, 0) is 16.1 Å². The Morgan fingerprint density at radius 3 is 2.38 bits per heavy atom. The van der Waals surface area contributed by atoms with Crippen molar-refractivity contribution in [2.45, 2.75) is 53.2 Å². The van der Waals surface area contributed by atoms with E-state index >= 15 is 0 Å². The fraction of sp³-hybridized carbons (Fsp3) is 0.619. The van der Waals surface area contributed by atoms with Gasteiger partial charge in [0, 0.05) is 44.9 Å². The maximum absolute atomic E-state index is 12.5. The van der Waals surface area contributed by atoms with Crippen LogP contribution < -0.4 is 0 Å². The minimum atomic E-state index is -0.221. The minimum Gasteiger partial charge on any atom is -0.368 e. The highest BCUT2D eigenvalue weighted by molar-refractivity contribution is 5.97. The number of benzene rings is 1. The van der Waals surface area contributed by atoms with Crippen molar-refractivity contribution in [3.05, 3.63) is 33.9 Å². The standard InChI is InChI=1S/C21H30N2O3/c1-14-12-15(2)20(17(4)24)16(3)18(14)13-22-7-9-23(10-8-22)21(25)19-6-5-11-26-19/h12,19H,5-11,13H2,1-4H3. The smallest absolute Gasteiger partial charge is 0.251 e. The molecule has 2 heterocycles. The van der Waals surface area contributed by atoms with E-state index in [4.69, 9.17) is 4.74 Å². The number of rotatable bonds is 4. The SMILES string of the molecule is CC(=O)c1c(C)cc(C)c(CN2CCN(C(=O)C3CCCO3)CC2)c1C. The molecule has 0 bridgehead atoms. The lowest BCUT2D eigenvalue weighted by Gasteiger charge is -2.36. The van der Waals surface area contributed by atoms with Gasteiger partial charge in [-0.2, -0.15) is 0 Å². The summed E-state index contributed by atoms with van der Waals surface area (Å²) in [6, 6.07) is 2.12. The Morgan fingerprint density at radius 2 is 1.81 bits per heavy atom. The molecule has 0 aliphatic carbocycles. The molecule has 2 aliphatic heterocycles. The summed E-state index contributed by atoms with van der Waals surface area (Å²) in [7, 11) is 0. The molecule has 0 aromatic heterocycles. The summed E-state index contributed by atoms with van der Waals surface area (Å²) in [6.07, 6.45) is 1.62. The van der Waals surface area contributed by atoms with Crippen molar-refractivity contribution in [1.82, 2.24) is 9.80 Å². The molecule has 0 radical (unpaired) electrons. The van der Waals surface area contributed by atoms with Crippen LogP contribution in [-0.4, -0.2) is 60.4 Å². The van der Waals surface area contributed by atoms with Crippen LogP contribution in [0.15, 0.2) is 6.07 Å². The van der Waals surface area contributed by atoms with Crippen molar-refractivity contribution in [1.29, 1.82) is 0 Å². The van der Waals surface area contributed by atoms with Crippen LogP contribution >= 0.6 is 0 Å². The normalized spacial score (nSPS) is 21.2. The van der Waals surface area contributed by atoms with Gasteiger partial charge < -0.3 is 9.64 Å². The first kappa shape index (κ1) is 19.1. The van der Waals surface area contributed by atoms with E-state index in [2.05, 4.69) is 24.8 Å². The molecule has 2 fully saturated rings. The van der Waals surface area contributed by atoms with Gasteiger partial charge >= 0.3 is 0 Å². The minimum absolute atomic E-state index is 0.133. The summed E-state index contributed by atoms with van der Waals surface area (Å²) in [6.45, 7) is 12.6. The van der Waals surface area contributed by atoms with Gasteiger partial charge in [-0.05, 0) is 62.8 Å². The van der Waals surface area contributed by atoms with E-state index in [-0.39, 0.29) is 17.8 Å². The van der Waals surface area contributed by atoms with Gasteiger partial charge in [-0.1, -0.05) is 6.07 Å². The first-order valence-corrected chi connectivity index (χ1v) is 9.62. The van der Waals surface area contributed by atoms with Gasteiger partial charge in [-0.15, -0.1) is 0 Å². The molecule has 0 spiro atoms. The van der Waals surface area contributed by atoms with Crippen LogP contribution in [0.25, 0.3) is 0 Å². The van der Waals surface area contributed by atoms with E-state index in [0.29, 0.717) is 6.61 Å². The third-order valence-electron chi connectivity index (χ3n) is 5.75. The van der Waals surface area contributed by atoms with Gasteiger partial charge in [0.1, 0.15) is 6.10 Å². The van der Waals surface area contributed by atoms with Crippen LogP contribution in [0.1, 0.15) is 52.4 Å². The summed E-state index contributed by atoms with van der Waals surface area (Å²) in [4.78, 5) is 28.8. The van der Waals surface area contributed by atoms with Crippen LogP contribution in [0, 0.1) is 20.8 Å². The topological polar surface area (TPSA) is 49.9 Å². The number of hydrogen-bond acceptors (Lipinski definition) is 4. The Morgan fingerprint density at radius 1 is 1.12 bits per heavy atom. The van der Waals surface area contributed by atoms with Gasteiger partial charge in [0.15, 0.2) is 5.78 Å². The number of carbonyl (C=O) groups is 2. The highest BCUT2D eigenvalue weighted by Gasteiger charge is 2.30. The second-order valence-electron chi connectivity index (χ2n) is 7.65. The van der Waals surface area contributed by atoms with Crippen LogP contribution in [0.2, 0.25) is 0 Å². The average Bonchev–Trinajstić information content (AvgIpc) is 3.12. The van der Waals surface area contributed by atoms with Gasteiger partial charge in [-0.3, -0.25) is 14.5 Å². The molecule has 1 atom stereocenters. The number of nitrogens with zero attached hydrogens (tertiary/aromatic N) is 2. The summed E-state index contributed by atoms with van der Waals surface area (Å²) < 4.78 is 5.53. The summed E-state index contributed by atoms with van der Waals surface area (Å²) >= 11 is 0. The molecule has 2 saturated heterocycles. The lowest BCUT2D eigenvalue weighted by atomic mass is 9.91. The predicted molar refractivity (Wildman–Crippen MR) is 101 cm³/mol. The molecule has 3 rings (SSSR count). The van der Waals surface area contributed by atoms with Crippen molar-refractivity contribution in [2.24, 2.45) is 0 Å². The maximum Gasteiger partial charge on any atom is 0.251 e. The fourth-order valence-electron chi connectivity index (χ4n) is 4.34. The van der Waals surface area contributed by atoms with Gasteiger partial charge in [0.25, 0.3) is 5.91 Å². The summed E-state index contributed by atoms with van der Waals surface area (Å²) in [5, 5.41) is 0. The zero-order chi connectivity index (χ0) is 18.8. The third-order valence-corrected chi connectivity index (χ3v) is 5.75. The van der Waals surface area contributed by atoms with Gasteiger partial charge in [0.05, 0.1) is 0 Å². The number of piperazine rings is 1. The maximum atomic E-state index is 12.5. The second kappa shape index (κ2) is 7.89. The zero-order valence-electron chi connectivity index (χ0n) is 16.4. The van der Waals surface area contributed by atoms with E-state index in [0.717, 1.165) is 62.3 Å². The van der Waals surface area contributed by atoms with Gasteiger partial charge in [0.2, 0.25) is 0 Å². The monoisotopic (exact) mass is 358 g/mol. The molecule has 142 valence electrons. The number of hydrogen-bond donors (Lipinski definition) is 0. The number of carbonyl (C=O) groups excluding carboxylic acids is 2. The quantitative estimate of drug-likeness (QED) is 0.777. The molecule has 1 aromatic carbocycles. The number of amides is 1. The molecule has 2 aliphatic rings. The Labute approximate surface area is 156 Å². The molecule has 1 unspecified atom stereocenters. The largest absolute Gasteiger partial charge is 0.368 e. The van der Waals surface area contributed by atoms with Crippen molar-refractivity contribution >= 4 is 11.7 Å². The Hall–Kier alpha value is -1.72. The second-order valence-corrected chi connectivity index (χ2v) is 7.65. The highest BCUT2D eigenvalue weighted by atomic mass is 16.5. The lowest BCUT2D eigenvalue weighted by Crippen LogP contribution is -2.51. The first-order chi connectivity index (χ1) is 12.4. The predicted octanol–water partition coefficient (Wildman–Crippen LogP) is 2.64. The van der Waals surface area contributed by atoms with Crippen LogP contribution in [0.4, 0.5) is 0 Å². The molecular formula is C21H30N2O3. The number of aryl methyl sites for hydroxylation is 2. The molecule has 1 aromatic rings. The van der Waals surface area contributed by atoms with E-state index < -0.39 is 0 Å². The van der Waals surface area contributed by atoms with E-state index in [9.17, 15) is 9.59 Å². The molecular weight excluding hydrogens is 328 g/mol. The van der Waals surface area contributed by atoms with Gasteiger partial charge in [-0.25, -0.2) is 0 Å². The fourth-order valence-corrected chi connectivity index (χ4v) is 4.34. The van der Waals surface area contributed by atoms with E-state index in [1.54, 1.807) is 6.92 Å². The van der Waals surface area contributed by atoms with E-state index in [1.807, 2.05) is 11.8 Å². The Bertz CT molecular complexity index is 700. The summed E-state index contributed by atoms with van der Waals surface area (Å²) in [5.41, 5.74) is 5.51. The Balaban J connectivity index is 1.65. The first-order valence-electron chi connectivity index (χ1n) is 9.62. The van der Waals surface area contributed by atoms with Crippen molar-refractivity contribution < 1.29 is 14.3 Å². The average molecular weight is 358 g/mol. The molecule has 5 nitrogen and oxygen atoms in total. The number of ketones is 1. The summed E-state index contributed by atoms with van der Waals surface area (Å²) in [5.74, 6) is 0.289. The number of ether oxygens (including phenoxy) is 1. The van der Waals surface area contributed by atoms with Crippen LogP contribution in [0.3, 0.4) is 0 Å². The van der Waals surface area contributed by atoms with Crippen molar-refractivity contribution in [2.75, 3.05) is 32.8 Å². The Kier molecular flexibility index (Phi) is 5.78. The molecule has 0 N–H and O–H groups in total. The lowest BCUT2D eigenvalue weighted by molar-refractivity contribution is -0.142. The van der Waals surface area contributed by atoms with Crippen molar-refractivity contribution in [3.63, 3.8) is 0 Å². The zero-order valence-corrected chi connectivity index (χ0v) is 16.4. The molecule has 26 heavy (non-hydrogen) atoms. The van der Waals surface area contributed by atoms with E-state index in [1.165, 1.54) is 11.1 Å². The molecule has 1 amide bonds. The highest BCUT2D eigenvalue weighted by Crippen LogP contribution is 2.25.